The molecule has 39 heavy (non-hydrogen) atoms. The number of aryl methyl sites for hydroxylation is 1. The van der Waals surface area contributed by atoms with Gasteiger partial charge in [-0.15, -0.1) is 0 Å². The van der Waals surface area contributed by atoms with E-state index < -0.39 is 11.8 Å². The number of nitrogens with zero attached hydrogens (tertiary/aromatic N) is 2. The topological polar surface area (TPSA) is 104 Å². The molecule has 2 aromatic rings. The molecule has 4 rings (SSSR count). The minimum Gasteiger partial charge on any atom is -0.389 e. The van der Waals surface area contributed by atoms with Crippen molar-refractivity contribution < 1.29 is 9.53 Å². The molecule has 1 atom stereocenters. The first-order chi connectivity index (χ1) is 18.8. The predicted octanol–water partition coefficient (Wildman–Crippen LogP) is 4.58. The van der Waals surface area contributed by atoms with Gasteiger partial charge in [0.25, 0.3) is 0 Å². The maximum Gasteiger partial charge on any atom is 0.226 e. The van der Waals surface area contributed by atoms with Crippen LogP contribution in [0.2, 0.25) is 0 Å². The molecule has 5 N–H and O–H groups in total. The summed E-state index contributed by atoms with van der Waals surface area (Å²) < 4.78 is 5.45. The van der Waals surface area contributed by atoms with Crippen LogP contribution in [0.5, 0.6) is 0 Å². The molecular weight excluding hydrogens is 488 g/mol. The van der Waals surface area contributed by atoms with Gasteiger partial charge in [-0.05, 0) is 43.5 Å². The molecule has 1 fully saturated rings. The minimum atomic E-state index is -0.514. The van der Waals surface area contributed by atoms with E-state index in [1.165, 1.54) is 18.4 Å². The van der Waals surface area contributed by atoms with E-state index in [1.54, 1.807) is 0 Å². The molecule has 1 amide bonds. The molecule has 8 nitrogen and oxygen atoms in total. The molecule has 1 unspecified atom stereocenters. The molecule has 0 bridgehead atoms. The Balaban J connectivity index is 0.000000983. The van der Waals surface area contributed by atoms with Crippen LogP contribution in [0.4, 0.5) is 5.69 Å². The van der Waals surface area contributed by atoms with Crippen LogP contribution in [0.25, 0.3) is 5.70 Å². The number of unbranched alkanes of at least 4 members (excludes halogenated alkanes) is 1. The van der Waals surface area contributed by atoms with E-state index in [9.17, 15) is 4.79 Å². The van der Waals surface area contributed by atoms with Crippen molar-refractivity contribution in [3.63, 3.8) is 0 Å². The van der Waals surface area contributed by atoms with E-state index in [1.807, 2.05) is 20.9 Å². The van der Waals surface area contributed by atoms with Crippen LogP contribution in [-0.4, -0.2) is 49.9 Å². The number of fused-ring (bicyclic) bond motifs is 1. The first kappa shape index (κ1) is 30.3. The lowest BCUT2D eigenvalue weighted by molar-refractivity contribution is -0.120. The molecule has 1 saturated heterocycles. The Hall–Kier alpha value is -3.20. The third-order valence-electron chi connectivity index (χ3n) is 7.29. The van der Waals surface area contributed by atoms with Gasteiger partial charge in [0.2, 0.25) is 5.91 Å². The van der Waals surface area contributed by atoms with Gasteiger partial charge in [0, 0.05) is 55.8 Å². The summed E-state index contributed by atoms with van der Waals surface area (Å²) in [4.78, 5) is 19.7. The van der Waals surface area contributed by atoms with Crippen LogP contribution in [0, 0.1) is 12.8 Å². The van der Waals surface area contributed by atoms with Crippen LogP contribution < -0.4 is 21.9 Å². The number of hydrogen-bond acceptors (Lipinski definition) is 7. The average Bonchev–Trinajstić information content (AvgIpc) is 3.43. The van der Waals surface area contributed by atoms with Gasteiger partial charge in [0.05, 0.1) is 30.5 Å². The maximum atomic E-state index is 12.2. The number of hydrogen-bond donors (Lipinski definition) is 4. The van der Waals surface area contributed by atoms with Gasteiger partial charge < -0.3 is 21.2 Å². The number of nitrogens with two attached hydrogens (primary N) is 1. The summed E-state index contributed by atoms with van der Waals surface area (Å²) in [6.07, 6.45) is 2.64. The van der Waals surface area contributed by atoms with Crippen molar-refractivity contribution in [3.8, 4) is 0 Å². The Morgan fingerprint density at radius 2 is 1.79 bits per heavy atom. The van der Waals surface area contributed by atoms with Gasteiger partial charge in [-0.2, -0.15) is 0 Å². The normalized spacial score (nSPS) is 16.8. The molecule has 0 radical (unpaired) electrons. The van der Waals surface area contributed by atoms with E-state index in [-0.39, 0.29) is 0 Å². The standard InChI is InChI=1S/C27H36N6O2.C4H10/c1-17-5-10-23-22(15-30-32-23)24(17)26(25(29-4)18(2)27(28)34)31-19(3)21-8-6-20(7-9-21)16-33-11-13-35-14-12-33;1-3-4-2/h5-10,18,29-30,32H,11-16H2,1-4H3,(H2,28,34);3-4H2,1-2H3/b26-25+,31-19?;. The van der Waals surface area contributed by atoms with Gasteiger partial charge in [0.1, 0.15) is 0 Å². The fraction of sp³-hybridized carbons (Fsp3) is 0.484. The highest BCUT2D eigenvalue weighted by molar-refractivity contribution is 6.02. The molecular formula is C31H46N6O2. The summed E-state index contributed by atoms with van der Waals surface area (Å²) in [6.45, 7) is 15.4. The summed E-state index contributed by atoms with van der Waals surface area (Å²) in [5.41, 5.74) is 21.0. The molecule has 0 aliphatic carbocycles. The zero-order chi connectivity index (χ0) is 28.4. The van der Waals surface area contributed by atoms with Crippen molar-refractivity contribution >= 4 is 23.0 Å². The average molecular weight is 535 g/mol. The molecule has 0 aromatic heterocycles. The number of benzene rings is 2. The number of nitrogens with one attached hydrogen (secondary N) is 3. The quantitative estimate of drug-likeness (QED) is 0.351. The number of rotatable bonds is 9. The number of morpholine rings is 1. The Morgan fingerprint density at radius 3 is 2.38 bits per heavy atom. The second kappa shape index (κ2) is 14.8. The van der Waals surface area contributed by atoms with Crippen LogP contribution >= 0.6 is 0 Å². The monoisotopic (exact) mass is 534 g/mol. The summed E-state index contributed by atoms with van der Waals surface area (Å²) >= 11 is 0. The lowest BCUT2D eigenvalue weighted by Gasteiger charge is -2.26. The highest BCUT2D eigenvalue weighted by Gasteiger charge is 2.25. The van der Waals surface area contributed by atoms with Crippen LogP contribution in [0.1, 0.15) is 68.4 Å². The molecule has 212 valence electrons. The number of ether oxygens (including phenoxy) is 1. The van der Waals surface area contributed by atoms with Crippen molar-refractivity contribution in [2.24, 2.45) is 16.6 Å². The Bertz CT molecular complexity index is 1160. The summed E-state index contributed by atoms with van der Waals surface area (Å²) in [7, 11) is 1.81. The minimum absolute atomic E-state index is 0.395. The number of hydrazine groups is 1. The molecule has 8 heteroatoms. The Morgan fingerprint density at radius 1 is 1.13 bits per heavy atom. The van der Waals surface area contributed by atoms with Crippen molar-refractivity contribution in [3.05, 3.63) is 69.9 Å². The Labute approximate surface area is 234 Å². The van der Waals surface area contributed by atoms with Gasteiger partial charge in [-0.1, -0.05) is 57.0 Å². The molecule has 0 saturated carbocycles. The highest BCUT2D eigenvalue weighted by atomic mass is 16.5. The van der Waals surface area contributed by atoms with E-state index in [0.29, 0.717) is 12.2 Å². The van der Waals surface area contributed by atoms with Crippen molar-refractivity contribution in [1.29, 1.82) is 0 Å². The molecule has 2 aliphatic heterocycles. The largest absolute Gasteiger partial charge is 0.389 e. The third-order valence-corrected chi connectivity index (χ3v) is 7.29. The number of aliphatic imine (C=N–C) groups is 1. The van der Waals surface area contributed by atoms with Gasteiger partial charge in [0.15, 0.2) is 0 Å². The molecule has 2 aliphatic rings. The number of amides is 1. The predicted molar refractivity (Wildman–Crippen MR) is 161 cm³/mol. The van der Waals surface area contributed by atoms with Crippen LogP contribution in [0.3, 0.4) is 0 Å². The third kappa shape index (κ3) is 7.91. The number of carbonyl (C=O) groups is 1. The van der Waals surface area contributed by atoms with Gasteiger partial charge in [-0.3, -0.25) is 14.7 Å². The first-order valence-corrected chi connectivity index (χ1v) is 14.1. The first-order valence-electron chi connectivity index (χ1n) is 14.1. The van der Waals surface area contributed by atoms with E-state index in [2.05, 4.69) is 78.2 Å². The van der Waals surface area contributed by atoms with E-state index in [4.69, 9.17) is 15.5 Å². The Kier molecular flexibility index (Phi) is 11.5. The molecule has 2 aromatic carbocycles. The van der Waals surface area contributed by atoms with Crippen molar-refractivity contribution in [2.75, 3.05) is 38.8 Å². The highest BCUT2D eigenvalue weighted by Crippen LogP contribution is 2.35. The SMILES string of the molecule is CCCC.CN/C(=C(/N=C(C)c1ccc(CN2CCOCC2)cc1)c1c(C)ccc2c1CNN2)C(C)C(N)=O. The second-order valence-corrected chi connectivity index (χ2v) is 10.2. The van der Waals surface area contributed by atoms with Gasteiger partial charge in [-0.25, -0.2) is 5.43 Å². The number of anilines is 1. The lowest BCUT2D eigenvalue weighted by Crippen LogP contribution is -2.35. The van der Waals surface area contributed by atoms with Crippen molar-refractivity contribution in [1.82, 2.24) is 15.6 Å². The number of primary amides is 1. The second-order valence-electron chi connectivity index (χ2n) is 10.2. The fourth-order valence-corrected chi connectivity index (χ4v) is 4.66. The smallest absolute Gasteiger partial charge is 0.226 e. The summed E-state index contributed by atoms with van der Waals surface area (Å²) in [5.74, 6) is -0.909. The van der Waals surface area contributed by atoms with E-state index in [0.717, 1.165) is 72.2 Å². The molecule has 2 heterocycles. The maximum absolute atomic E-state index is 12.2. The summed E-state index contributed by atoms with van der Waals surface area (Å²) in [6, 6.07) is 12.7. The van der Waals surface area contributed by atoms with E-state index >= 15 is 0 Å². The zero-order valence-electron chi connectivity index (χ0n) is 24.5. The molecule has 0 spiro atoms. The van der Waals surface area contributed by atoms with Gasteiger partial charge >= 0.3 is 0 Å². The number of carbonyl (C=O) groups excluding carboxylic acids is 1. The van der Waals surface area contributed by atoms with Crippen molar-refractivity contribution in [2.45, 2.75) is 60.5 Å². The van der Waals surface area contributed by atoms with Crippen LogP contribution in [-0.2, 0) is 22.6 Å². The fourth-order valence-electron chi connectivity index (χ4n) is 4.66. The lowest BCUT2D eigenvalue weighted by atomic mass is 9.93. The van der Waals surface area contributed by atoms with Crippen LogP contribution in [0.15, 0.2) is 47.1 Å². The summed E-state index contributed by atoms with van der Waals surface area (Å²) in [5, 5.41) is 3.23. The zero-order valence-corrected chi connectivity index (χ0v) is 24.5.